The summed E-state index contributed by atoms with van der Waals surface area (Å²) < 4.78 is 0. The van der Waals surface area contributed by atoms with Crippen molar-refractivity contribution >= 4 is 12.0 Å². The van der Waals surface area contributed by atoms with Gasteiger partial charge >= 0.3 is 12.0 Å². The monoisotopic (exact) mass is 266 g/mol. The molecular weight excluding hydrogens is 244 g/mol. The lowest BCUT2D eigenvalue weighted by atomic mass is 9.84. The van der Waals surface area contributed by atoms with E-state index in [2.05, 4.69) is 11.2 Å². The van der Waals surface area contributed by atoms with Crippen LogP contribution in [-0.4, -0.2) is 41.1 Å². The summed E-state index contributed by atoms with van der Waals surface area (Å²) >= 11 is 0. The van der Waals surface area contributed by atoms with Crippen molar-refractivity contribution < 1.29 is 14.7 Å². The Labute approximate surface area is 114 Å². The van der Waals surface area contributed by atoms with Crippen LogP contribution in [0.1, 0.15) is 39.0 Å². The summed E-state index contributed by atoms with van der Waals surface area (Å²) in [6.45, 7) is 2.81. The standard InChI is InChI=1S/C14H22N2O3/c1-3-9-16(10-4-2)14(19)15-12-8-6-5-7-11(12)13(17)18/h1,11-12H,4-10H2,2H3,(H,15,19)(H,17,18). The molecule has 0 spiro atoms. The molecule has 5 heteroatoms. The molecule has 1 aliphatic carbocycles. The molecular formula is C14H22N2O3. The number of urea groups is 1. The molecule has 5 nitrogen and oxygen atoms in total. The number of carboxylic acid groups (broad SMARTS) is 1. The fourth-order valence-corrected chi connectivity index (χ4v) is 2.48. The number of amides is 2. The second-order valence-electron chi connectivity index (χ2n) is 4.91. The van der Waals surface area contributed by atoms with Crippen molar-refractivity contribution in [1.82, 2.24) is 10.2 Å². The maximum absolute atomic E-state index is 12.1. The molecule has 0 saturated heterocycles. The molecule has 1 fully saturated rings. The lowest BCUT2D eigenvalue weighted by Crippen LogP contribution is -2.50. The molecule has 1 aliphatic rings. The number of carboxylic acids is 1. The van der Waals surface area contributed by atoms with E-state index < -0.39 is 11.9 Å². The number of nitrogens with zero attached hydrogens (tertiary/aromatic N) is 1. The first-order valence-corrected chi connectivity index (χ1v) is 6.81. The van der Waals surface area contributed by atoms with Crippen LogP contribution < -0.4 is 5.32 Å². The van der Waals surface area contributed by atoms with Gasteiger partial charge in [0.1, 0.15) is 0 Å². The van der Waals surface area contributed by atoms with Gasteiger partial charge in [0, 0.05) is 12.6 Å². The minimum atomic E-state index is -0.830. The van der Waals surface area contributed by atoms with E-state index in [9.17, 15) is 9.59 Å². The molecule has 2 amide bonds. The molecule has 0 aliphatic heterocycles. The Balaban J connectivity index is 2.62. The van der Waals surface area contributed by atoms with Crippen LogP contribution >= 0.6 is 0 Å². The van der Waals surface area contributed by atoms with Crippen molar-refractivity contribution in [1.29, 1.82) is 0 Å². The Bertz CT molecular complexity index is 362. The largest absolute Gasteiger partial charge is 0.481 e. The molecule has 2 unspecified atom stereocenters. The smallest absolute Gasteiger partial charge is 0.318 e. The highest BCUT2D eigenvalue weighted by Crippen LogP contribution is 2.24. The van der Waals surface area contributed by atoms with Crippen molar-refractivity contribution in [3.8, 4) is 12.3 Å². The van der Waals surface area contributed by atoms with Crippen LogP contribution in [0.25, 0.3) is 0 Å². The summed E-state index contributed by atoms with van der Waals surface area (Å²) in [7, 11) is 0. The molecule has 1 rings (SSSR count). The fourth-order valence-electron chi connectivity index (χ4n) is 2.48. The topological polar surface area (TPSA) is 69.6 Å². The van der Waals surface area contributed by atoms with Crippen LogP contribution in [0.2, 0.25) is 0 Å². The average molecular weight is 266 g/mol. The Morgan fingerprint density at radius 2 is 2.11 bits per heavy atom. The molecule has 2 atom stereocenters. The molecule has 1 saturated carbocycles. The van der Waals surface area contributed by atoms with Gasteiger partial charge in [0.25, 0.3) is 0 Å². The van der Waals surface area contributed by atoms with Gasteiger partial charge in [-0.3, -0.25) is 4.79 Å². The summed E-state index contributed by atoms with van der Waals surface area (Å²) in [4.78, 5) is 24.8. The predicted molar refractivity (Wildman–Crippen MR) is 72.6 cm³/mol. The van der Waals surface area contributed by atoms with Gasteiger partial charge in [-0.25, -0.2) is 4.79 Å². The van der Waals surface area contributed by atoms with Gasteiger partial charge in [-0.1, -0.05) is 25.7 Å². The highest BCUT2D eigenvalue weighted by Gasteiger charge is 2.32. The molecule has 2 N–H and O–H groups in total. The summed E-state index contributed by atoms with van der Waals surface area (Å²) in [6, 6.07) is -0.533. The van der Waals surface area contributed by atoms with E-state index in [1.807, 2.05) is 6.92 Å². The number of aliphatic carboxylic acids is 1. The number of rotatable bonds is 5. The minimum absolute atomic E-state index is 0.252. The van der Waals surface area contributed by atoms with E-state index >= 15 is 0 Å². The molecule has 0 radical (unpaired) electrons. The Kier molecular flexibility index (Phi) is 6.20. The molecule has 0 aromatic rings. The second kappa shape index (κ2) is 7.67. The Morgan fingerprint density at radius 1 is 1.42 bits per heavy atom. The van der Waals surface area contributed by atoms with Gasteiger partial charge in [-0.05, 0) is 19.3 Å². The van der Waals surface area contributed by atoms with E-state index in [4.69, 9.17) is 11.5 Å². The maximum Gasteiger partial charge on any atom is 0.318 e. The van der Waals surface area contributed by atoms with Gasteiger partial charge in [0.05, 0.1) is 12.5 Å². The zero-order valence-corrected chi connectivity index (χ0v) is 11.4. The fraction of sp³-hybridized carbons (Fsp3) is 0.714. The summed E-state index contributed by atoms with van der Waals surface area (Å²) in [6.07, 6.45) is 9.28. The van der Waals surface area contributed by atoms with Crippen LogP contribution in [0.4, 0.5) is 4.79 Å². The molecule has 0 aromatic carbocycles. The Morgan fingerprint density at radius 3 is 2.68 bits per heavy atom. The highest BCUT2D eigenvalue weighted by atomic mass is 16.4. The number of carbonyl (C=O) groups excluding carboxylic acids is 1. The zero-order chi connectivity index (χ0) is 14.3. The first-order valence-electron chi connectivity index (χ1n) is 6.81. The summed E-state index contributed by atoms with van der Waals surface area (Å²) in [5.41, 5.74) is 0. The van der Waals surface area contributed by atoms with Crippen molar-refractivity contribution in [3.05, 3.63) is 0 Å². The van der Waals surface area contributed by atoms with Gasteiger partial charge in [-0.2, -0.15) is 0 Å². The van der Waals surface area contributed by atoms with Gasteiger partial charge in [0.15, 0.2) is 0 Å². The van der Waals surface area contributed by atoms with Crippen molar-refractivity contribution in [2.75, 3.05) is 13.1 Å². The third-order valence-electron chi connectivity index (χ3n) is 3.45. The van der Waals surface area contributed by atoms with Crippen LogP contribution in [0.5, 0.6) is 0 Å². The van der Waals surface area contributed by atoms with Gasteiger partial charge in [-0.15, -0.1) is 6.42 Å². The number of terminal acetylenes is 1. The lowest BCUT2D eigenvalue weighted by molar-refractivity contribution is -0.143. The minimum Gasteiger partial charge on any atom is -0.481 e. The number of hydrogen-bond donors (Lipinski definition) is 2. The lowest BCUT2D eigenvalue weighted by Gasteiger charge is -2.31. The predicted octanol–water partition coefficient (Wildman–Crippen LogP) is 1.68. The van der Waals surface area contributed by atoms with Gasteiger partial charge in [0.2, 0.25) is 0 Å². The molecule has 0 bridgehead atoms. The first kappa shape index (κ1) is 15.4. The van der Waals surface area contributed by atoms with E-state index in [-0.39, 0.29) is 18.6 Å². The van der Waals surface area contributed by atoms with E-state index in [0.717, 1.165) is 25.7 Å². The van der Waals surface area contributed by atoms with Crippen molar-refractivity contribution in [2.24, 2.45) is 5.92 Å². The maximum atomic E-state index is 12.1. The van der Waals surface area contributed by atoms with Crippen LogP contribution in [0, 0.1) is 18.3 Å². The Hall–Kier alpha value is -1.70. The molecule has 19 heavy (non-hydrogen) atoms. The van der Waals surface area contributed by atoms with Crippen LogP contribution in [0.3, 0.4) is 0 Å². The van der Waals surface area contributed by atoms with Crippen molar-refractivity contribution in [3.63, 3.8) is 0 Å². The van der Waals surface area contributed by atoms with E-state index in [1.165, 1.54) is 0 Å². The zero-order valence-electron chi connectivity index (χ0n) is 11.4. The molecule has 0 aromatic heterocycles. The third-order valence-corrected chi connectivity index (χ3v) is 3.45. The highest BCUT2D eigenvalue weighted by molar-refractivity contribution is 5.77. The quantitative estimate of drug-likeness (QED) is 0.744. The second-order valence-corrected chi connectivity index (χ2v) is 4.91. The number of carbonyl (C=O) groups is 2. The van der Waals surface area contributed by atoms with E-state index in [1.54, 1.807) is 4.90 Å². The normalized spacial score (nSPS) is 22.3. The first-order chi connectivity index (χ1) is 9.10. The molecule has 0 heterocycles. The van der Waals surface area contributed by atoms with Crippen LogP contribution in [0.15, 0.2) is 0 Å². The SMILES string of the molecule is C#CCN(CCC)C(=O)NC1CCCCC1C(=O)O. The summed E-state index contributed by atoms with van der Waals surface area (Å²) in [5, 5.41) is 12.0. The number of nitrogens with one attached hydrogen (secondary N) is 1. The van der Waals surface area contributed by atoms with Crippen molar-refractivity contribution in [2.45, 2.75) is 45.1 Å². The van der Waals surface area contributed by atoms with Gasteiger partial charge < -0.3 is 15.3 Å². The molecule has 106 valence electrons. The van der Waals surface area contributed by atoms with Crippen LogP contribution in [-0.2, 0) is 4.79 Å². The average Bonchev–Trinajstić information content (AvgIpc) is 2.38. The number of hydrogen-bond acceptors (Lipinski definition) is 2. The van der Waals surface area contributed by atoms with E-state index in [0.29, 0.717) is 13.0 Å². The third kappa shape index (κ3) is 4.47. The summed E-state index contributed by atoms with van der Waals surface area (Å²) in [5.74, 6) is 1.14.